The van der Waals surface area contributed by atoms with Crippen LogP contribution in [0.3, 0.4) is 0 Å². The van der Waals surface area contributed by atoms with Crippen molar-refractivity contribution in [1.29, 1.82) is 0 Å². The van der Waals surface area contributed by atoms with Gasteiger partial charge in [-0.25, -0.2) is 8.42 Å². The molecule has 1 aromatic carbocycles. The molecular weight excluding hydrogens is 342 g/mol. The highest BCUT2D eigenvalue weighted by molar-refractivity contribution is 7.89. The highest BCUT2D eigenvalue weighted by Gasteiger charge is 2.22. The summed E-state index contributed by atoms with van der Waals surface area (Å²) in [6, 6.07) is 5.81. The number of rotatable bonds is 10. The molecule has 0 atom stereocenters. The molecule has 0 spiro atoms. The van der Waals surface area contributed by atoms with Crippen LogP contribution < -0.4 is 10.6 Å². The number of likely N-dealkylation sites (N-methyl/N-ethyl adjacent to an activating group) is 1. The van der Waals surface area contributed by atoms with Crippen molar-refractivity contribution in [2.24, 2.45) is 0 Å². The lowest BCUT2D eigenvalue weighted by Crippen LogP contribution is -2.40. The van der Waals surface area contributed by atoms with Gasteiger partial charge >= 0.3 is 0 Å². The molecule has 0 unspecified atom stereocenters. The summed E-state index contributed by atoms with van der Waals surface area (Å²) in [5.74, 6) is -0.362. The van der Waals surface area contributed by atoms with Crippen LogP contribution in [0.4, 0.5) is 0 Å². The molecule has 0 aliphatic rings. The van der Waals surface area contributed by atoms with Crippen LogP contribution in [0.5, 0.6) is 0 Å². The van der Waals surface area contributed by atoms with Crippen LogP contribution in [0.15, 0.2) is 29.2 Å². The molecule has 2 N–H and O–H groups in total. The molecule has 0 saturated carbocycles. The fraction of sp³-hybridized carbons (Fsp3) is 0.500. The van der Waals surface area contributed by atoms with Crippen LogP contribution in [0.2, 0.25) is 5.02 Å². The molecule has 0 aliphatic heterocycles. The number of hydrogen-bond donors (Lipinski definition) is 2. The van der Waals surface area contributed by atoms with E-state index < -0.39 is 10.0 Å². The molecule has 0 bridgehead atoms. The van der Waals surface area contributed by atoms with E-state index in [9.17, 15) is 13.2 Å². The first kappa shape index (κ1) is 19.9. The minimum atomic E-state index is -3.71. The Kier molecular flexibility index (Phi) is 8.49. The number of amides is 1. The molecule has 9 heteroatoms. The van der Waals surface area contributed by atoms with Gasteiger partial charge in [0.05, 0.1) is 18.0 Å². The lowest BCUT2D eigenvalue weighted by molar-refractivity contribution is -0.121. The van der Waals surface area contributed by atoms with E-state index in [2.05, 4.69) is 10.6 Å². The first-order valence-electron chi connectivity index (χ1n) is 7.06. The van der Waals surface area contributed by atoms with Gasteiger partial charge in [0.25, 0.3) is 0 Å². The summed E-state index contributed by atoms with van der Waals surface area (Å²) < 4.78 is 30.5. The molecule has 0 fully saturated rings. The van der Waals surface area contributed by atoms with E-state index in [0.29, 0.717) is 31.3 Å². The summed E-state index contributed by atoms with van der Waals surface area (Å²) in [7, 11) is -0.739. The van der Waals surface area contributed by atoms with Gasteiger partial charge in [-0.05, 0) is 24.3 Å². The molecule has 0 radical (unpaired) electrons. The summed E-state index contributed by atoms with van der Waals surface area (Å²) in [6.45, 7) is 2.04. The van der Waals surface area contributed by atoms with Crippen molar-refractivity contribution in [2.75, 3.05) is 46.9 Å². The number of nitrogens with one attached hydrogen (secondary N) is 2. The van der Waals surface area contributed by atoms with Crippen molar-refractivity contribution < 1.29 is 17.9 Å². The van der Waals surface area contributed by atoms with Crippen molar-refractivity contribution in [3.63, 3.8) is 0 Å². The molecule has 1 aromatic rings. The Hall–Kier alpha value is -1.19. The van der Waals surface area contributed by atoms with E-state index >= 15 is 0 Å². The molecule has 7 nitrogen and oxygen atoms in total. The van der Waals surface area contributed by atoms with Gasteiger partial charge in [0.15, 0.2) is 0 Å². The van der Waals surface area contributed by atoms with Crippen LogP contribution in [-0.4, -0.2) is 65.6 Å². The van der Waals surface area contributed by atoms with E-state index in [-0.39, 0.29) is 17.3 Å². The summed E-state index contributed by atoms with van der Waals surface area (Å²) in [5.41, 5.74) is 0. The van der Waals surface area contributed by atoms with Gasteiger partial charge in [0.1, 0.15) is 0 Å². The number of hydrogen-bond acceptors (Lipinski definition) is 5. The largest absolute Gasteiger partial charge is 0.383 e. The molecule has 1 rings (SSSR count). The lowest BCUT2D eigenvalue weighted by atomic mass is 10.4. The number of nitrogens with zero attached hydrogens (tertiary/aromatic N) is 1. The van der Waals surface area contributed by atoms with Gasteiger partial charge in [-0.3, -0.25) is 4.79 Å². The molecule has 130 valence electrons. The zero-order valence-corrected chi connectivity index (χ0v) is 14.8. The second-order valence-electron chi connectivity index (χ2n) is 4.81. The summed E-state index contributed by atoms with van der Waals surface area (Å²) in [5, 5.41) is 6.18. The smallest absolute Gasteiger partial charge is 0.243 e. The fourth-order valence-electron chi connectivity index (χ4n) is 1.72. The molecular formula is C14H22ClN3O4S. The van der Waals surface area contributed by atoms with Crippen molar-refractivity contribution >= 4 is 27.5 Å². The maximum atomic E-state index is 12.3. The fourth-order valence-corrected chi connectivity index (χ4v) is 2.97. The topological polar surface area (TPSA) is 87.7 Å². The predicted octanol–water partition coefficient (Wildman–Crippen LogP) is 0.313. The lowest BCUT2D eigenvalue weighted by Gasteiger charge is -2.17. The zero-order valence-electron chi connectivity index (χ0n) is 13.2. The van der Waals surface area contributed by atoms with E-state index in [4.69, 9.17) is 16.3 Å². The van der Waals surface area contributed by atoms with E-state index in [1.807, 2.05) is 0 Å². The highest BCUT2D eigenvalue weighted by atomic mass is 35.5. The summed E-state index contributed by atoms with van der Waals surface area (Å²) in [6.07, 6.45) is 0. The van der Waals surface area contributed by atoms with Gasteiger partial charge in [-0.2, -0.15) is 4.31 Å². The third kappa shape index (κ3) is 6.84. The second-order valence-corrected chi connectivity index (χ2v) is 7.29. The normalized spacial score (nSPS) is 11.7. The van der Waals surface area contributed by atoms with Crippen LogP contribution >= 0.6 is 11.6 Å². The van der Waals surface area contributed by atoms with Crippen LogP contribution in [-0.2, 0) is 19.6 Å². The van der Waals surface area contributed by atoms with Crippen molar-refractivity contribution in [3.05, 3.63) is 29.3 Å². The molecule has 0 aromatic heterocycles. The quantitative estimate of drug-likeness (QED) is 0.584. The average molecular weight is 364 g/mol. The Balaban J connectivity index is 2.43. The third-order valence-electron chi connectivity index (χ3n) is 2.99. The number of carbonyl (C=O) groups is 1. The van der Waals surface area contributed by atoms with Gasteiger partial charge in [-0.1, -0.05) is 11.6 Å². The van der Waals surface area contributed by atoms with Crippen molar-refractivity contribution in [1.82, 2.24) is 14.9 Å². The summed E-state index contributed by atoms with van der Waals surface area (Å²) >= 11 is 5.74. The maximum Gasteiger partial charge on any atom is 0.243 e. The van der Waals surface area contributed by atoms with Crippen LogP contribution in [0, 0.1) is 0 Å². The van der Waals surface area contributed by atoms with Gasteiger partial charge in [-0.15, -0.1) is 0 Å². The Morgan fingerprint density at radius 3 is 2.48 bits per heavy atom. The molecule has 1 amide bonds. The number of halogens is 1. The number of benzene rings is 1. The number of sulfonamides is 1. The standard InChI is InChI=1S/C14H22ClN3O4S/c1-18(11-14(19)17-8-7-16-9-10-22-2)23(20,21)13-5-3-12(15)4-6-13/h3-6,16H,7-11H2,1-2H3,(H,17,19). The first-order chi connectivity index (χ1) is 10.9. The van der Waals surface area contributed by atoms with Gasteiger partial charge < -0.3 is 15.4 Å². The zero-order chi connectivity index (χ0) is 17.3. The molecule has 0 aliphatic carbocycles. The Morgan fingerprint density at radius 2 is 1.87 bits per heavy atom. The van der Waals surface area contributed by atoms with Crippen molar-refractivity contribution in [3.8, 4) is 0 Å². The van der Waals surface area contributed by atoms with E-state index in [0.717, 1.165) is 4.31 Å². The number of carbonyl (C=O) groups excluding carboxylic acids is 1. The predicted molar refractivity (Wildman–Crippen MR) is 89.0 cm³/mol. The minimum Gasteiger partial charge on any atom is -0.383 e. The third-order valence-corrected chi connectivity index (χ3v) is 5.06. The maximum absolute atomic E-state index is 12.3. The SMILES string of the molecule is COCCNCCNC(=O)CN(C)S(=O)(=O)c1ccc(Cl)cc1. The highest BCUT2D eigenvalue weighted by Crippen LogP contribution is 2.17. The molecule has 23 heavy (non-hydrogen) atoms. The Bertz CT molecular complexity index is 593. The van der Waals surface area contributed by atoms with Gasteiger partial charge in [0, 0.05) is 38.8 Å². The molecule has 0 heterocycles. The minimum absolute atomic E-state index is 0.0958. The monoisotopic (exact) mass is 363 g/mol. The number of ether oxygens (including phenoxy) is 1. The summed E-state index contributed by atoms with van der Waals surface area (Å²) in [4.78, 5) is 11.9. The Morgan fingerprint density at radius 1 is 1.22 bits per heavy atom. The first-order valence-corrected chi connectivity index (χ1v) is 8.88. The molecule has 0 saturated heterocycles. The average Bonchev–Trinajstić information content (AvgIpc) is 2.51. The van der Waals surface area contributed by atoms with E-state index in [1.165, 1.54) is 31.3 Å². The van der Waals surface area contributed by atoms with E-state index in [1.54, 1.807) is 7.11 Å². The Labute approximate surface area is 142 Å². The number of methoxy groups -OCH3 is 1. The van der Waals surface area contributed by atoms with Crippen LogP contribution in [0.1, 0.15) is 0 Å². The van der Waals surface area contributed by atoms with Crippen LogP contribution in [0.25, 0.3) is 0 Å². The second kappa shape index (κ2) is 9.84. The van der Waals surface area contributed by atoms with Gasteiger partial charge in [0.2, 0.25) is 15.9 Å². The van der Waals surface area contributed by atoms with Crippen molar-refractivity contribution in [2.45, 2.75) is 4.90 Å².